The molecule has 2 atom stereocenters. The quantitative estimate of drug-likeness (QED) is 0.249. The first-order chi connectivity index (χ1) is 13.9. The Bertz CT molecular complexity index is 898. The molecule has 1 aromatic heterocycles. The molecule has 1 fully saturated rings. The summed E-state index contributed by atoms with van der Waals surface area (Å²) in [6, 6.07) is -0.839. The van der Waals surface area contributed by atoms with Gasteiger partial charge in [0.2, 0.25) is 0 Å². The van der Waals surface area contributed by atoms with Crippen molar-refractivity contribution in [2.75, 3.05) is 39.4 Å². The van der Waals surface area contributed by atoms with Crippen LogP contribution in [0.3, 0.4) is 0 Å². The van der Waals surface area contributed by atoms with Crippen molar-refractivity contribution in [3.63, 3.8) is 0 Å². The van der Waals surface area contributed by atoms with E-state index in [1.54, 1.807) is 5.38 Å². The molecule has 2 aliphatic rings. The minimum absolute atomic E-state index is 0.101. The molecule has 0 bridgehead atoms. The van der Waals surface area contributed by atoms with Crippen molar-refractivity contribution in [2.45, 2.75) is 11.4 Å². The van der Waals surface area contributed by atoms with Gasteiger partial charge in [-0.3, -0.25) is 14.5 Å². The highest BCUT2D eigenvalue weighted by atomic mass is 32.2. The lowest BCUT2D eigenvalue weighted by Crippen LogP contribution is -2.71. The zero-order chi connectivity index (χ0) is 21.1. The molecule has 1 aromatic rings. The van der Waals surface area contributed by atoms with Crippen LogP contribution in [0.1, 0.15) is 5.69 Å². The molecule has 156 valence electrons. The number of hydrogen-bond acceptors (Lipinski definition) is 11. The summed E-state index contributed by atoms with van der Waals surface area (Å²) >= 11 is 2.56. The fourth-order valence-corrected chi connectivity index (χ4v) is 4.83. The van der Waals surface area contributed by atoms with Crippen molar-refractivity contribution in [1.82, 2.24) is 15.2 Å². The number of nitrogen functional groups attached to an aromatic ring is 1. The third-order valence-electron chi connectivity index (χ3n) is 4.19. The van der Waals surface area contributed by atoms with Gasteiger partial charge in [0.1, 0.15) is 29.9 Å². The van der Waals surface area contributed by atoms with Gasteiger partial charge in [-0.1, -0.05) is 5.16 Å². The van der Waals surface area contributed by atoms with Gasteiger partial charge in [0.15, 0.2) is 10.8 Å². The van der Waals surface area contributed by atoms with Crippen LogP contribution in [0.4, 0.5) is 5.13 Å². The summed E-state index contributed by atoms with van der Waals surface area (Å²) < 4.78 is 9.93. The zero-order valence-electron chi connectivity index (χ0n) is 15.8. The number of anilines is 1. The van der Waals surface area contributed by atoms with Gasteiger partial charge in [0.05, 0.1) is 13.7 Å². The number of fused-ring (bicyclic) bond motifs is 1. The Kier molecular flexibility index (Phi) is 6.39. The molecular weight excluding hydrogens is 422 g/mol. The minimum atomic E-state index is -0.839. The van der Waals surface area contributed by atoms with E-state index in [-0.39, 0.29) is 28.8 Å². The normalized spacial score (nSPS) is 21.4. The zero-order valence-corrected chi connectivity index (χ0v) is 17.5. The first kappa shape index (κ1) is 21.1. The van der Waals surface area contributed by atoms with Crippen LogP contribution in [-0.4, -0.2) is 78.5 Å². The highest BCUT2D eigenvalue weighted by Crippen LogP contribution is 2.40. The predicted octanol–water partition coefficient (Wildman–Crippen LogP) is -0.451. The van der Waals surface area contributed by atoms with Crippen molar-refractivity contribution in [3.05, 3.63) is 22.3 Å². The Balaban J connectivity index is 1.79. The molecular formula is C16H19N5O6S2. The summed E-state index contributed by atoms with van der Waals surface area (Å²) in [5.74, 6) is -1.23. The third-order valence-corrected chi connectivity index (χ3v) is 6.21. The predicted molar refractivity (Wildman–Crippen MR) is 106 cm³/mol. The van der Waals surface area contributed by atoms with Gasteiger partial charge in [-0.15, -0.1) is 23.1 Å². The van der Waals surface area contributed by atoms with Crippen molar-refractivity contribution < 1.29 is 28.7 Å². The molecule has 3 N–H and O–H groups in total. The molecule has 11 nitrogen and oxygen atoms in total. The van der Waals surface area contributed by atoms with Crippen LogP contribution >= 0.6 is 23.1 Å². The SMILES string of the molecule is COCC1=C(C(=O)OC)N2C(=O)[C@@H](NC(=O)/C(=N\OC)c3csc(N)n3)[C@H]2SC1. The van der Waals surface area contributed by atoms with Gasteiger partial charge in [-0.2, -0.15) is 0 Å². The summed E-state index contributed by atoms with van der Waals surface area (Å²) in [5, 5.41) is 7.72. The second-order valence-electron chi connectivity index (χ2n) is 5.93. The molecule has 0 aliphatic carbocycles. The highest BCUT2D eigenvalue weighted by molar-refractivity contribution is 8.00. The molecule has 0 unspecified atom stereocenters. The maximum atomic E-state index is 12.7. The average molecular weight is 441 g/mol. The molecule has 13 heteroatoms. The number of ether oxygens (including phenoxy) is 2. The lowest BCUT2D eigenvalue weighted by molar-refractivity contribution is -0.151. The van der Waals surface area contributed by atoms with E-state index in [9.17, 15) is 14.4 Å². The highest BCUT2D eigenvalue weighted by Gasteiger charge is 2.54. The largest absolute Gasteiger partial charge is 0.464 e. The molecule has 1 saturated heterocycles. The van der Waals surface area contributed by atoms with E-state index in [4.69, 9.17) is 20.0 Å². The Morgan fingerprint density at radius 1 is 1.41 bits per heavy atom. The van der Waals surface area contributed by atoms with Gasteiger partial charge in [0.25, 0.3) is 11.8 Å². The van der Waals surface area contributed by atoms with Gasteiger partial charge in [0, 0.05) is 18.2 Å². The molecule has 0 radical (unpaired) electrons. The molecule has 3 rings (SSSR count). The number of aromatic nitrogens is 1. The van der Waals surface area contributed by atoms with Crippen LogP contribution in [0, 0.1) is 0 Å². The van der Waals surface area contributed by atoms with Crippen LogP contribution in [-0.2, 0) is 28.7 Å². The van der Waals surface area contributed by atoms with E-state index >= 15 is 0 Å². The molecule has 2 amide bonds. The maximum absolute atomic E-state index is 12.7. The van der Waals surface area contributed by atoms with Gasteiger partial charge in [-0.25, -0.2) is 9.78 Å². The van der Waals surface area contributed by atoms with Crippen molar-refractivity contribution in [1.29, 1.82) is 0 Å². The van der Waals surface area contributed by atoms with E-state index in [2.05, 4.69) is 15.5 Å². The molecule has 3 heterocycles. The summed E-state index contributed by atoms with van der Waals surface area (Å²) in [6.07, 6.45) is 0. The van der Waals surface area contributed by atoms with Crippen molar-refractivity contribution in [2.24, 2.45) is 5.16 Å². The van der Waals surface area contributed by atoms with Crippen LogP contribution < -0.4 is 11.1 Å². The maximum Gasteiger partial charge on any atom is 0.354 e. The number of amides is 2. The number of methoxy groups -OCH3 is 2. The number of β-lactam (4-membered cyclic amide) rings is 1. The molecule has 0 aromatic carbocycles. The molecule has 2 aliphatic heterocycles. The Morgan fingerprint density at radius 2 is 2.17 bits per heavy atom. The van der Waals surface area contributed by atoms with Crippen molar-refractivity contribution >= 4 is 51.7 Å². The number of oxime groups is 1. The van der Waals surface area contributed by atoms with Crippen LogP contribution in [0.5, 0.6) is 0 Å². The first-order valence-corrected chi connectivity index (χ1v) is 10.2. The van der Waals surface area contributed by atoms with E-state index in [0.717, 1.165) is 11.3 Å². The molecule has 29 heavy (non-hydrogen) atoms. The van der Waals surface area contributed by atoms with Crippen LogP contribution in [0.25, 0.3) is 0 Å². The standard InChI is InChI=1S/C16H19N5O6S2/c1-25-4-7-5-28-14-10(13(23)21(14)11(7)15(24)26-2)19-12(22)9(20-27-3)8-6-29-16(17)18-8/h6,10,14H,4-5H2,1-3H3,(H2,17,18)(H,19,22)/b20-9-/t10-,14-/m1/s1. The first-order valence-electron chi connectivity index (χ1n) is 8.30. The third kappa shape index (κ3) is 3.93. The number of hydrogen-bond donors (Lipinski definition) is 2. The monoisotopic (exact) mass is 441 g/mol. The lowest BCUT2D eigenvalue weighted by Gasteiger charge is -2.49. The Labute approximate surface area is 174 Å². The van der Waals surface area contributed by atoms with E-state index in [1.807, 2.05) is 0 Å². The average Bonchev–Trinajstić information content (AvgIpc) is 3.15. The fraction of sp³-hybridized carbons (Fsp3) is 0.438. The van der Waals surface area contributed by atoms with Crippen LogP contribution in [0.2, 0.25) is 0 Å². The molecule has 0 saturated carbocycles. The summed E-state index contributed by atoms with van der Waals surface area (Å²) in [5.41, 5.74) is 6.56. The topological polar surface area (TPSA) is 145 Å². The number of nitrogens with zero attached hydrogens (tertiary/aromatic N) is 3. The van der Waals surface area contributed by atoms with Gasteiger partial charge >= 0.3 is 5.97 Å². The summed E-state index contributed by atoms with van der Waals surface area (Å²) in [7, 11) is 4.04. The number of nitrogens with two attached hydrogens (primary N) is 1. The van der Waals surface area contributed by atoms with Crippen LogP contribution in [0.15, 0.2) is 21.8 Å². The van der Waals surface area contributed by atoms with E-state index < -0.39 is 29.2 Å². The van der Waals surface area contributed by atoms with E-state index in [1.165, 1.54) is 38.0 Å². The van der Waals surface area contributed by atoms with Gasteiger partial charge < -0.3 is 25.4 Å². The lowest BCUT2D eigenvalue weighted by atomic mass is 10.0. The minimum Gasteiger partial charge on any atom is -0.464 e. The smallest absolute Gasteiger partial charge is 0.354 e. The number of esters is 1. The number of rotatable bonds is 7. The molecule has 0 spiro atoms. The number of nitrogens with one attached hydrogen (secondary N) is 1. The fourth-order valence-electron chi connectivity index (χ4n) is 2.96. The number of carbonyl (C=O) groups excluding carboxylic acids is 3. The van der Waals surface area contributed by atoms with E-state index in [0.29, 0.717) is 11.3 Å². The number of thiazole rings is 1. The summed E-state index contributed by atoms with van der Waals surface area (Å²) in [4.78, 5) is 47.7. The Morgan fingerprint density at radius 3 is 2.76 bits per heavy atom. The summed E-state index contributed by atoms with van der Waals surface area (Å²) in [6.45, 7) is 0.195. The van der Waals surface area contributed by atoms with Crippen molar-refractivity contribution in [3.8, 4) is 0 Å². The second kappa shape index (κ2) is 8.80. The second-order valence-corrected chi connectivity index (χ2v) is 7.93. The van der Waals surface area contributed by atoms with Gasteiger partial charge in [-0.05, 0) is 5.57 Å². The number of thioether (sulfide) groups is 1. The number of carbonyl (C=O) groups is 3. The Hall–Kier alpha value is -2.64.